The van der Waals surface area contributed by atoms with Crippen molar-refractivity contribution in [2.75, 3.05) is 4.90 Å². The number of hydrogen-bond acceptors (Lipinski definition) is 2. The van der Waals surface area contributed by atoms with Crippen molar-refractivity contribution in [3.63, 3.8) is 0 Å². The number of amides is 1. The second kappa shape index (κ2) is 5.85. The van der Waals surface area contributed by atoms with Gasteiger partial charge in [-0.3, -0.25) is 9.59 Å². The highest BCUT2D eigenvalue weighted by Crippen LogP contribution is 2.34. The lowest BCUT2D eigenvalue weighted by Gasteiger charge is -2.23. The maximum Gasteiger partial charge on any atom is 0.299 e. The molecule has 0 saturated heterocycles. The Kier molecular flexibility index (Phi) is 4.12. The molecule has 3 rings (SSSR count). The molecule has 2 aromatic carbocycles. The maximum atomic E-state index is 12.5. The van der Waals surface area contributed by atoms with Crippen molar-refractivity contribution in [2.45, 2.75) is 41.2 Å². The molecule has 0 spiro atoms. The normalized spacial score (nSPS) is 13.7. The maximum absolute atomic E-state index is 12.5. The summed E-state index contributed by atoms with van der Waals surface area (Å²) in [5.41, 5.74) is 8.49. The van der Waals surface area contributed by atoms with Crippen LogP contribution in [-0.2, 0) is 11.3 Å². The van der Waals surface area contributed by atoms with Crippen LogP contribution < -0.4 is 4.90 Å². The summed E-state index contributed by atoms with van der Waals surface area (Å²) < 4.78 is 0.804. The van der Waals surface area contributed by atoms with E-state index in [1.807, 2.05) is 12.1 Å². The van der Waals surface area contributed by atoms with Gasteiger partial charge in [-0.05, 0) is 86.2 Å². The molecule has 4 heteroatoms. The molecular formula is C20H20BrNO2. The summed E-state index contributed by atoms with van der Waals surface area (Å²) in [5.74, 6) is -0.875. The molecule has 0 bridgehead atoms. The third-order valence-corrected chi connectivity index (χ3v) is 5.90. The van der Waals surface area contributed by atoms with Gasteiger partial charge in [0.25, 0.3) is 11.7 Å². The number of anilines is 1. The zero-order valence-electron chi connectivity index (χ0n) is 14.6. The highest BCUT2D eigenvalue weighted by Gasteiger charge is 2.36. The first kappa shape index (κ1) is 16.9. The van der Waals surface area contributed by atoms with Crippen LogP contribution in [0, 0.1) is 34.6 Å². The van der Waals surface area contributed by atoms with Gasteiger partial charge in [-0.25, -0.2) is 0 Å². The lowest BCUT2D eigenvalue weighted by molar-refractivity contribution is -0.114. The number of benzene rings is 2. The molecule has 0 radical (unpaired) electrons. The van der Waals surface area contributed by atoms with E-state index in [1.165, 1.54) is 27.8 Å². The molecule has 1 amide bonds. The van der Waals surface area contributed by atoms with Crippen LogP contribution in [0.4, 0.5) is 5.69 Å². The summed E-state index contributed by atoms with van der Waals surface area (Å²) in [7, 11) is 0. The van der Waals surface area contributed by atoms with Crippen LogP contribution in [0.5, 0.6) is 0 Å². The molecule has 0 fully saturated rings. The fourth-order valence-electron chi connectivity index (χ4n) is 3.40. The zero-order valence-corrected chi connectivity index (χ0v) is 16.2. The smallest absolute Gasteiger partial charge is 0.299 e. The Hall–Kier alpha value is -1.94. The summed E-state index contributed by atoms with van der Waals surface area (Å²) in [6, 6.07) is 5.42. The Morgan fingerprint density at radius 1 is 0.875 bits per heavy atom. The van der Waals surface area contributed by atoms with Crippen LogP contribution in [0.3, 0.4) is 0 Å². The molecule has 0 N–H and O–H groups in total. The number of rotatable bonds is 2. The standard InChI is InChI=1S/C20H20BrNO2/c1-10-11(2)13(4)17(14(5)12(10)3)9-22-18-7-6-15(21)8-16(18)19(23)20(22)24/h6-8H,9H2,1-5H3. The van der Waals surface area contributed by atoms with Gasteiger partial charge >= 0.3 is 0 Å². The van der Waals surface area contributed by atoms with Crippen LogP contribution in [-0.4, -0.2) is 11.7 Å². The van der Waals surface area contributed by atoms with Gasteiger partial charge in [0.05, 0.1) is 17.8 Å². The first-order chi connectivity index (χ1) is 11.2. The van der Waals surface area contributed by atoms with Crippen molar-refractivity contribution < 1.29 is 9.59 Å². The zero-order chi connectivity index (χ0) is 17.8. The number of halogens is 1. The lowest BCUT2D eigenvalue weighted by Crippen LogP contribution is -2.30. The van der Waals surface area contributed by atoms with E-state index in [4.69, 9.17) is 0 Å². The Balaban J connectivity index is 2.11. The number of nitrogens with zero attached hydrogens (tertiary/aromatic N) is 1. The topological polar surface area (TPSA) is 37.4 Å². The Labute approximate surface area is 150 Å². The Morgan fingerprint density at radius 2 is 1.42 bits per heavy atom. The van der Waals surface area contributed by atoms with Gasteiger partial charge in [-0.2, -0.15) is 0 Å². The number of carbonyl (C=O) groups excluding carboxylic acids is 2. The van der Waals surface area contributed by atoms with Crippen molar-refractivity contribution in [1.82, 2.24) is 0 Å². The Morgan fingerprint density at radius 3 is 2.00 bits per heavy atom. The van der Waals surface area contributed by atoms with Gasteiger partial charge in [0, 0.05) is 4.47 Å². The summed E-state index contributed by atoms with van der Waals surface area (Å²) in [5, 5.41) is 0. The monoisotopic (exact) mass is 385 g/mol. The molecule has 3 nitrogen and oxygen atoms in total. The first-order valence-corrected chi connectivity index (χ1v) is 8.75. The molecule has 124 valence electrons. The van der Waals surface area contributed by atoms with Gasteiger partial charge in [0.2, 0.25) is 0 Å². The second-order valence-electron chi connectivity index (χ2n) is 6.49. The average Bonchev–Trinajstić information content (AvgIpc) is 2.79. The predicted molar refractivity (Wildman–Crippen MR) is 99.8 cm³/mol. The molecule has 0 aliphatic carbocycles. The molecule has 2 aromatic rings. The number of hydrogen-bond donors (Lipinski definition) is 0. The number of fused-ring (bicyclic) bond motifs is 1. The van der Waals surface area contributed by atoms with Crippen LogP contribution in [0.15, 0.2) is 22.7 Å². The number of ketones is 1. The highest BCUT2D eigenvalue weighted by molar-refractivity contribution is 9.10. The number of Topliss-reactive ketones (excluding diaryl/α,β-unsaturated/α-hetero) is 1. The summed E-state index contributed by atoms with van der Waals surface area (Å²) in [4.78, 5) is 26.4. The molecule has 24 heavy (non-hydrogen) atoms. The molecular weight excluding hydrogens is 366 g/mol. The SMILES string of the molecule is Cc1c(C)c(C)c(CN2C(=O)C(=O)c3cc(Br)ccc32)c(C)c1C. The van der Waals surface area contributed by atoms with E-state index in [0.29, 0.717) is 17.8 Å². The third kappa shape index (κ3) is 2.40. The minimum Gasteiger partial charge on any atom is -0.300 e. The van der Waals surface area contributed by atoms with E-state index in [1.54, 1.807) is 11.0 Å². The molecule has 1 aliphatic rings. The summed E-state index contributed by atoms with van der Waals surface area (Å²) >= 11 is 3.37. The molecule has 1 aliphatic heterocycles. The molecule has 0 aromatic heterocycles. The predicted octanol–water partition coefficient (Wildman–Crippen LogP) is 4.72. The van der Waals surface area contributed by atoms with E-state index >= 15 is 0 Å². The average molecular weight is 386 g/mol. The molecule has 0 unspecified atom stereocenters. The van der Waals surface area contributed by atoms with E-state index in [0.717, 1.165) is 10.0 Å². The van der Waals surface area contributed by atoms with Gasteiger partial charge in [-0.15, -0.1) is 0 Å². The largest absolute Gasteiger partial charge is 0.300 e. The van der Waals surface area contributed by atoms with Crippen molar-refractivity contribution in [3.05, 3.63) is 61.6 Å². The number of carbonyl (C=O) groups is 2. The molecule has 0 saturated carbocycles. The van der Waals surface area contributed by atoms with Crippen molar-refractivity contribution >= 4 is 33.3 Å². The van der Waals surface area contributed by atoms with E-state index < -0.39 is 11.7 Å². The van der Waals surface area contributed by atoms with Crippen molar-refractivity contribution in [2.24, 2.45) is 0 Å². The summed E-state index contributed by atoms with van der Waals surface area (Å²) in [6.45, 7) is 11.0. The molecule has 0 atom stereocenters. The minimum atomic E-state index is -0.446. The van der Waals surface area contributed by atoms with E-state index in [-0.39, 0.29) is 0 Å². The molecule has 1 heterocycles. The van der Waals surface area contributed by atoms with Gasteiger partial charge in [0.15, 0.2) is 0 Å². The van der Waals surface area contributed by atoms with Gasteiger partial charge < -0.3 is 4.90 Å². The van der Waals surface area contributed by atoms with Crippen LogP contribution in [0.1, 0.15) is 43.7 Å². The quantitative estimate of drug-likeness (QED) is 0.701. The highest BCUT2D eigenvalue weighted by atomic mass is 79.9. The van der Waals surface area contributed by atoms with Crippen LogP contribution in [0.2, 0.25) is 0 Å². The van der Waals surface area contributed by atoms with Crippen molar-refractivity contribution in [3.8, 4) is 0 Å². The van der Waals surface area contributed by atoms with Gasteiger partial charge in [0.1, 0.15) is 0 Å². The van der Waals surface area contributed by atoms with E-state index in [2.05, 4.69) is 50.5 Å². The lowest BCUT2D eigenvalue weighted by atomic mass is 9.89. The first-order valence-electron chi connectivity index (χ1n) is 7.95. The summed E-state index contributed by atoms with van der Waals surface area (Å²) in [6.07, 6.45) is 0. The van der Waals surface area contributed by atoms with Crippen LogP contribution in [0.25, 0.3) is 0 Å². The second-order valence-corrected chi connectivity index (χ2v) is 7.40. The fourth-order valence-corrected chi connectivity index (χ4v) is 3.76. The van der Waals surface area contributed by atoms with Gasteiger partial charge in [-0.1, -0.05) is 15.9 Å². The minimum absolute atomic E-state index is 0.429. The van der Waals surface area contributed by atoms with E-state index in [9.17, 15) is 9.59 Å². The van der Waals surface area contributed by atoms with Crippen LogP contribution >= 0.6 is 15.9 Å². The third-order valence-electron chi connectivity index (χ3n) is 5.40. The Bertz CT molecular complexity index is 870. The van der Waals surface area contributed by atoms with Crippen molar-refractivity contribution in [1.29, 1.82) is 0 Å². The fraction of sp³-hybridized carbons (Fsp3) is 0.300.